The van der Waals surface area contributed by atoms with Crippen molar-refractivity contribution in [2.45, 2.75) is 91.0 Å². The fraction of sp³-hybridized carbons (Fsp3) is 0.655. The van der Waals surface area contributed by atoms with E-state index in [9.17, 15) is 29.4 Å². The van der Waals surface area contributed by atoms with Gasteiger partial charge >= 0.3 is 18.1 Å². The molecule has 1 aromatic rings. The number of aliphatic carboxylic acids is 1. The number of aliphatic hydroxyl groups is 1. The van der Waals surface area contributed by atoms with Gasteiger partial charge in [0.15, 0.2) is 0 Å². The van der Waals surface area contributed by atoms with Gasteiger partial charge in [0.05, 0.1) is 24.1 Å². The van der Waals surface area contributed by atoms with Crippen LogP contribution in [0.1, 0.15) is 66.4 Å². The molecule has 0 spiro atoms. The monoisotopic (exact) mass is 562 g/mol. The highest BCUT2D eigenvalue weighted by Gasteiger charge is 2.36. The predicted molar refractivity (Wildman–Crippen MR) is 152 cm³/mol. The van der Waals surface area contributed by atoms with Crippen molar-refractivity contribution in [3.8, 4) is 0 Å². The standard InChI is InChI=1S/C29H46N4O7/c1-18(25(36)37)13-23(34)21(31-27(39)40-28(2,3)4)15-29(5,6)16-24(35)33-17-20(30-26(38)32(7)8)14-19-11-9-10-12-22(19)33/h9-12,18,20-21,23,34H,13-17H2,1-8H3,(H,30,38)(H,31,39)(H,36,37)/t18-,20-,21+,23+/m1/s1. The molecule has 0 fully saturated rings. The summed E-state index contributed by atoms with van der Waals surface area (Å²) in [4.78, 5) is 53.1. The summed E-state index contributed by atoms with van der Waals surface area (Å²) < 4.78 is 5.37. The number of carbonyl (C=O) groups excluding carboxylic acids is 3. The molecular weight excluding hydrogens is 516 g/mol. The maximum atomic E-state index is 13.7. The first-order chi connectivity index (χ1) is 18.4. The van der Waals surface area contributed by atoms with E-state index < -0.39 is 41.1 Å². The first kappa shape index (κ1) is 32.9. The predicted octanol–water partition coefficient (Wildman–Crippen LogP) is 3.39. The van der Waals surface area contributed by atoms with E-state index in [1.165, 1.54) is 11.8 Å². The molecule has 2 rings (SSSR count). The Hall–Kier alpha value is -3.34. The molecule has 0 aliphatic carbocycles. The van der Waals surface area contributed by atoms with Gasteiger partial charge in [-0.15, -0.1) is 0 Å². The quantitative estimate of drug-likeness (QED) is 0.342. The Morgan fingerprint density at radius 1 is 1.12 bits per heavy atom. The highest BCUT2D eigenvalue weighted by Crippen LogP contribution is 2.33. The number of para-hydroxylation sites is 1. The molecule has 0 bridgehead atoms. The molecule has 1 heterocycles. The van der Waals surface area contributed by atoms with Crippen LogP contribution in [-0.2, 0) is 20.7 Å². The number of ether oxygens (including phenoxy) is 1. The Labute approximate surface area is 237 Å². The van der Waals surface area contributed by atoms with Crippen LogP contribution in [0.25, 0.3) is 0 Å². The lowest BCUT2D eigenvalue weighted by molar-refractivity contribution is -0.142. The van der Waals surface area contributed by atoms with Gasteiger partial charge < -0.3 is 35.4 Å². The molecule has 0 unspecified atom stereocenters. The number of benzene rings is 1. The molecule has 0 radical (unpaired) electrons. The van der Waals surface area contributed by atoms with Crippen molar-refractivity contribution in [2.75, 3.05) is 25.5 Å². The van der Waals surface area contributed by atoms with Crippen LogP contribution in [0.4, 0.5) is 15.3 Å². The second kappa shape index (κ2) is 13.3. The number of nitrogens with zero attached hydrogens (tertiary/aromatic N) is 2. The Kier molecular flexibility index (Phi) is 11.0. The second-order valence-corrected chi connectivity index (χ2v) is 12.7. The Morgan fingerprint density at radius 2 is 1.75 bits per heavy atom. The molecule has 1 aliphatic heterocycles. The van der Waals surface area contributed by atoms with E-state index in [4.69, 9.17) is 4.74 Å². The molecule has 1 aromatic carbocycles. The molecule has 1 aliphatic rings. The summed E-state index contributed by atoms with van der Waals surface area (Å²) >= 11 is 0. The minimum atomic E-state index is -1.17. The smallest absolute Gasteiger partial charge is 0.407 e. The molecule has 40 heavy (non-hydrogen) atoms. The topological polar surface area (TPSA) is 149 Å². The number of aliphatic hydroxyl groups excluding tert-OH is 1. The van der Waals surface area contributed by atoms with Crippen molar-refractivity contribution in [2.24, 2.45) is 11.3 Å². The number of rotatable bonds is 10. The maximum Gasteiger partial charge on any atom is 0.407 e. The minimum absolute atomic E-state index is 0.0768. The third kappa shape index (κ3) is 10.0. The number of hydrogen-bond donors (Lipinski definition) is 4. The van der Waals surface area contributed by atoms with E-state index in [-0.39, 0.29) is 37.2 Å². The molecule has 4 amide bonds. The number of urea groups is 1. The van der Waals surface area contributed by atoms with Crippen LogP contribution >= 0.6 is 0 Å². The van der Waals surface area contributed by atoms with Crippen LogP contribution in [0.5, 0.6) is 0 Å². The molecule has 0 aromatic heterocycles. The first-order valence-corrected chi connectivity index (χ1v) is 13.6. The Morgan fingerprint density at radius 3 is 2.33 bits per heavy atom. The number of hydrogen-bond acceptors (Lipinski definition) is 6. The fourth-order valence-electron chi connectivity index (χ4n) is 4.77. The van der Waals surface area contributed by atoms with E-state index in [1.807, 2.05) is 38.1 Å². The molecule has 11 heteroatoms. The molecule has 224 valence electrons. The van der Waals surface area contributed by atoms with Crippen molar-refractivity contribution in [3.63, 3.8) is 0 Å². The van der Waals surface area contributed by atoms with Crippen molar-refractivity contribution in [3.05, 3.63) is 29.8 Å². The summed E-state index contributed by atoms with van der Waals surface area (Å²) in [5.74, 6) is -2.04. The molecule has 4 N–H and O–H groups in total. The normalized spacial score (nSPS) is 17.6. The second-order valence-electron chi connectivity index (χ2n) is 12.7. The van der Waals surface area contributed by atoms with Gasteiger partial charge in [0.25, 0.3) is 0 Å². The molecule has 0 saturated heterocycles. The van der Waals surface area contributed by atoms with Crippen molar-refractivity contribution < 1.29 is 34.1 Å². The first-order valence-electron chi connectivity index (χ1n) is 13.6. The van der Waals surface area contributed by atoms with E-state index in [2.05, 4.69) is 10.6 Å². The summed E-state index contributed by atoms with van der Waals surface area (Å²) in [7, 11) is 3.32. The summed E-state index contributed by atoms with van der Waals surface area (Å²) in [5.41, 5.74) is 0.280. The fourth-order valence-corrected chi connectivity index (χ4v) is 4.77. The van der Waals surface area contributed by atoms with E-state index in [0.29, 0.717) is 13.0 Å². The number of nitrogens with one attached hydrogen (secondary N) is 2. The maximum absolute atomic E-state index is 13.7. The van der Waals surface area contributed by atoms with Gasteiger partial charge in [-0.3, -0.25) is 9.59 Å². The van der Waals surface area contributed by atoms with Crippen LogP contribution in [0.3, 0.4) is 0 Å². The number of carbonyl (C=O) groups is 4. The lowest BCUT2D eigenvalue weighted by atomic mass is 9.79. The number of alkyl carbamates (subject to hydrolysis) is 1. The lowest BCUT2D eigenvalue weighted by Crippen LogP contribution is -2.53. The van der Waals surface area contributed by atoms with Crippen molar-refractivity contribution >= 4 is 29.7 Å². The van der Waals surface area contributed by atoms with Crippen LogP contribution in [0.15, 0.2) is 24.3 Å². The Balaban J connectivity index is 2.23. The van der Waals surface area contributed by atoms with Crippen LogP contribution in [0, 0.1) is 11.3 Å². The highest BCUT2D eigenvalue weighted by atomic mass is 16.6. The zero-order valence-electron chi connectivity index (χ0n) is 25.0. The van der Waals surface area contributed by atoms with Gasteiger partial charge in [-0.2, -0.15) is 0 Å². The summed E-state index contributed by atoms with van der Waals surface area (Å²) in [5, 5.41) is 25.9. The van der Waals surface area contributed by atoms with Gasteiger partial charge in [0.2, 0.25) is 5.91 Å². The SMILES string of the molecule is C[C@H](C[C@H](O)[C@H](CC(C)(C)CC(=O)N1C[C@H](NC(=O)N(C)C)Cc2ccccc21)NC(=O)OC(C)(C)C)C(=O)O. The summed E-state index contributed by atoms with van der Waals surface area (Å²) in [6.45, 7) is 10.7. The van der Waals surface area contributed by atoms with Gasteiger partial charge in [-0.1, -0.05) is 39.0 Å². The average molecular weight is 563 g/mol. The lowest BCUT2D eigenvalue weighted by Gasteiger charge is -2.38. The molecule has 11 nitrogen and oxygen atoms in total. The zero-order chi connectivity index (χ0) is 30.4. The third-order valence-corrected chi connectivity index (χ3v) is 6.77. The largest absolute Gasteiger partial charge is 0.481 e. The van der Waals surface area contributed by atoms with Crippen LogP contribution in [0.2, 0.25) is 0 Å². The van der Waals surface area contributed by atoms with Gasteiger partial charge in [0, 0.05) is 32.7 Å². The Bertz CT molecular complexity index is 1070. The third-order valence-electron chi connectivity index (χ3n) is 6.77. The minimum Gasteiger partial charge on any atom is -0.481 e. The van der Waals surface area contributed by atoms with Crippen LogP contribution < -0.4 is 15.5 Å². The summed E-state index contributed by atoms with van der Waals surface area (Å²) in [6.07, 6.45) is -1.10. The van der Waals surface area contributed by atoms with E-state index in [0.717, 1.165) is 11.3 Å². The van der Waals surface area contributed by atoms with Gasteiger partial charge in [-0.25, -0.2) is 9.59 Å². The number of anilines is 1. The molecular formula is C29H46N4O7. The number of carboxylic acids is 1. The molecule has 4 atom stereocenters. The van der Waals surface area contributed by atoms with E-state index in [1.54, 1.807) is 39.8 Å². The van der Waals surface area contributed by atoms with Crippen molar-refractivity contribution in [1.82, 2.24) is 15.5 Å². The van der Waals surface area contributed by atoms with Gasteiger partial charge in [0.1, 0.15) is 5.60 Å². The highest BCUT2D eigenvalue weighted by molar-refractivity contribution is 5.95. The number of amides is 4. The number of carboxylic acid groups (broad SMARTS) is 1. The van der Waals surface area contributed by atoms with Crippen LogP contribution in [-0.4, -0.2) is 83.5 Å². The average Bonchev–Trinajstić information content (AvgIpc) is 2.81. The van der Waals surface area contributed by atoms with Crippen molar-refractivity contribution in [1.29, 1.82) is 0 Å². The van der Waals surface area contributed by atoms with Gasteiger partial charge in [-0.05, 0) is 57.1 Å². The molecule has 0 saturated carbocycles. The zero-order valence-corrected chi connectivity index (χ0v) is 25.0. The summed E-state index contributed by atoms with van der Waals surface area (Å²) in [6, 6.07) is 6.23. The number of fused-ring (bicyclic) bond motifs is 1. The van der Waals surface area contributed by atoms with E-state index >= 15 is 0 Å².